The highest BCUT2D eigenvalue weighted by atomic mass is 16.5. The predicted molar refractivity (Wildman–Crippen MR) is 46.0 cm³/mol. The molecule has 0 bridgehead atoms. The Labute approximate surface area is 72.7 Å². The van der Waals surface area contributed by atoms with Gasteiger partial charge in [-0.25, -0.2) is 0 Å². The van der Waals surface area contributed by atoms with Gasteiger partial charge in [-0.3, -0.25) is 4.79 Å². The van der Waals surface area contributed by atoms with Crippen LogP contribution in [0.2, 0.25) is 0 Å². The normalized spacial score (nSPS) is 15.6. The highest BCUT2D eigenvalue weighted by molar-refractivity contribution is 5.78. The third-order valence-electron chi connectivity index (χ3n) is 2.03. The second kappa shape index (κ2) is 5.11. The van der Waals surface area contributed by atoms with Crippen molar-refractivity contribution in [3.05, 3.63) is 0 Å². The molecule has 0 spiro atoms. The van der Waals surface area contributed by atoms with E-state index in [4.69, 9.17) is 15.6 Å². The second-order valence-corrected chi connectivity index (χ2v) is 2.91. The molecule has 0 aromatic carbocycles. The minimum Gasteiger partial charge on any atom is -0.480 e. The predicted octanol–water partition coefficient (Wildman–Crippen LogP) is 0.605. The number of rotatable bonds is 6. The molecule has 0 aromatic rings. The Morgan fingerprint density at radius 2 is 2.25 bits per heavy atom. The van der Waals surface area contributed by atoms with E-state index >= 15 is 0 Å². The fourth-order valence-electron chi connectivity index (χ4n) is 0.967. The van der Waals surface area contributed by atoms with Gasteiger partial charge in [-0.2, -0.15) is 0 Å². The van der Waals surface area contributed by atoms with E-state index in [0.717, 1.165) is 0 Å². The van der Waals surface area contributed by atoms with Crippen molar-refractivity contribution in [1.82, 2.24) is 0 Å². The number of aliphatic carboxylic acids is 1. The van der Waals surface area contributed by atoms with Gasteiger partial charge in [0.1, 0.15) is 5.54 Å². The monoisotopic (exact) mass is 175 g/mol. The largest absolute Gasteiger partial charge is 0.480 e. The van der Waals surface area contributed by atoms with Crippen molar-refractivity contribution < 1.29 is 14.6 Å². The topological polar surface area (TPSA) is 72.5 Å². The summed E-state index contributed by atoms with van der Waals surface area (Å²) in [6, 6.07) is 0. The van der Waals surface area contributed by atoms with E-state index in [9.17, 15) is 4.79 Å². The number of hydrogen-bond acceptors (Lipinski definition) is 3. The quantitative estimate of drug-likeness (QED) is 0.580. The molecule has 0 aromatic heterocycles. The Balaban J connectivity index is 3.88. The summed E-state index contributed by atoms with van der Waals surface area (Å²) in [6.07, 6.45) is 1.60. The molecule has 1 atom stereocenters. The number of carboxylic acid groups (broad SMARTS) is 1. The van der Waals surface area contributed by atoms with Crippen LogP contribution in [0.3, 0.4) is 0 Å². The van der Waals surface area contributed by atoms with Crippen molar-refractivity contribution in [2.75, 3.05) is 13.7 Å². The van der Waals surface area contributed by atoms with Crippen LogP contribution in [0.15, 0.2) is 0 Å². The molecule has 0 aliphatic rings. The maximum atomic E-state index is 10.7. The zero-order valence-electron chi connectivity index (χ0n) is 7.67. The lowest BCUT2D eigenvalue weighted by molar-refractivity contribution is -0.143. The van der Waals surface area contributed by atoms with E-state index in [1.165, 1.54) is 0 Å². The lowest BCUT2D eigenvalue weighted by atomic mass is 9.92. The summed E-state index contributed by atoms with van der Waals surface area (Å²) in [4.78, 5) is 10.7. The van der Waals surface area contributed by atoms with Crippen LogP contribution in [0.25, 0.3) is 0 Å². The van der Waals surface area contributed by atoms with Crippen LogP contribution < -0.4 is 5.73 Å². The van der Waals surface area contributed by atoms with Crippen molar-refractivity contribution in [2.24, 2.45) is 5.73 Å². The van der Waals surface area contributed by atoms with Crippen molar-refractivity contribution in [3.63, 3.8) is 0 Å². The molecule has 1 unspecified atom stereocenters. The molecule has 0 saturated heterocycles. The van der Waals surface area contributed by atoms with Gasteiger partial charge in [0.15, 0.2) is 0 Å². The van der Waals surface area contributed by atoms with Crippen molar-refractivity contribution in [3.8, 4) is 0 Å². The molecule has 0 rings (SSSR count). The summed E-state index contributed by atoms with van der Waals surface area (Å²) >= 11 is 0. The molecular weight excluding hydrogens is 158 g/mol. The standard InChI is InChI=1S/C8H17NO3/c1-3-8(9,7(10)11)5-4-6-12-2/h3-6,9H2,1-2H3,(H,10,11). The molecule has 0 heterocycles. The Kier molecular flexibility index (Phi) is 4.85. The smallest absolute Gasteiger partial charge is 0.323 e. The van der Waals surface area contributed by atoms with Crippen LogP contribution in [0, 0.1) is 0 Å². The minimum absolute atomic E-state index is 0.450. The molecule has 0 amide bonds. The maximum absolute atomic E-state index is 10.7. The Hall–Kier alpha value is -0.610. The summed E-state index contributed by atoms with van der Waals surface area (Å²) in [5, 5.41) is 8.77. The van der Waals surface area contributed by atoms with Crippen LogP contribution >= 0.6 is 0 Å². The van der Waals surface area contributed by atoms with Crippen LogP contribution in [0.4, 0.5) is 0 Å². The molecule has 12 heavy (non-hydrogen) atoms. The minimum atomic E-state index is -1.07. The maximum Gasteiger partial charge on any atom is 0.323 e. The third kappa shape index (κ3) is 3.19. The lowest BCUT2D eigenvalue weighted by Crippen LogP contribution is -2.47. The second-order valence-electron chi connectivity index (χ2n) is 2.91. The zero-order valence-corrected chi connectivity index (χ0v) is 7.67. The molecule has 4 heteroatoms. The van der Waals surface area contributed by atoms with Gasteiger partial charge >= 0.3 is 5.97 Å². The first-order valence-electron chi connectivity index (χ1n) is 4.08. The summed E-state index contributed by atoms with van der Waals surface area (Å²) in [7, 11) is 1.59. The molecular formula is C8H17NO3. The summed E-state index contributed by atoms with van der Waals surface area (Å²) in [5.74, 6) is -0.930. The van der Waals surface area contributed by atoms with Crippen LogP contribution in [-0.4, -0.2) is 30.3 Å². The van der Waals surface area contributed by atoms with Crippen LogP contribution in [0.1, 0.15) is 26.2 Å². The van der Waals surface area contributed by atoms with Gasteiger partial charge in [-0.1, -0.05) is 6.92 Å². The Morgan fingerprint density at radius 1 is 1.67 bits per heavy atom. The van der Waals surface area contributed by atoms with Gasteiger partial charge in [0.25, 0.3) is 0 Å². The van der Waals surface area contributed by atoms with Gasteiger partial charge < -0.3 is 15.6 Å². The van der Waals surface area contributed by atoms with Gasteiger partial charge in [0.05, 0.1) is 0 Å². The van der Waals surface area contributed by atoms with E-state index in [0.29, 0.717) is 25.9 Å². The fraction of sp³-hybridized carbons (Fsp3) is 0.875. The van der Waals surface area contributed by atoms with E-state index in [1.54, 1.807) is 14.0 Å². The summed E-state index contributed by atoms with van der Waals surface area (Å²) in [6.45, 7) is 2.34. The lowest BCUT2D eigenvalue weighted by Gasteiger charge is -2.22. The van der Waals surface area contributed by atoms with Crippen LogP contribution in [-0.2, 0) is 9.53 Å². The molecule has 4 nitrogen and oxygen atoms in total. The van der Waals surface area contributed by atoms with E-state index in [-0.39, 0.29) is 0 Å². The van der Waals surface area contributed by atoms with Crippen molar-refractivity contribution in [2.45, 2.75) is 31.7 Å². The number of carbonyl (C=O) groups is 1. The molecule has 0 aliphatic heterocycles. The van der Waals surface area contributed by atoms with Crippen molar-refractivity contribution in [1.29, 1.82) is 0 Å². The highest BCUT2D eigenvalue weighted by Crippen LogP contribution is 2.14. The first-order valence-corrected chi connectivity index (χ1v) is 4.08. The first-order chi connectivity index (χ1) is 5.56. The third-order valence-corrected chi connectivity index (χ3v) is 2.03. The first kappa shape index (κ1) is 11.4. The number of carboxylic acids is 1. The van der Waals surface area contributed by atoms with Gasteiger partial charge in [0, 0.05) is 13.7 Å². The number of ether oxygens (including phenoxy) is 1. The molecule has 3 N–H and O–H groups in total. The van der Waals surface area contributed by atoms with Gasteiger partial charge in [0.2, 0.25) is 0 Å². The zero-order chi connectivity index (χ0) is 9.61. The Bertz CT molecular complexity index is 149. The Morgan fingerprint density at radius 3 is 2.58 bits per heavy atom. The van der Waals surface area contributed by atoms with Gasteiger partial charge in [-0.05, 0) is 19.3 Å². The highest BCUT2D eigenvalue weighted by Gasteiger charge is 2.30. The molecule has 0 fully saturated rings. The summed E-state index contributed by atoms with van der Waals surface area (Å²) < 4.78 is 4.81. The molecule has 0 aliphatic carbocycles. The number of nitrogens with two attached hydrogens (primary N) is 1. The van der Waals surface area contributed by atoms with E-state index in [1.807, 2.05) is 0 Å². The average molecular weight is 175 g/mol. The van der Waals surface area contributed by atoms with E-state index in [2.05, 4.69) is 0 Å². The molecule has 0 saturated carbocycles. The fourth-order valence-corrected chi connectivity index (χ4v) is 0.967. The van der Waals surface area contributed by atoms with Gasteiger partial charge in [-0.15, -0.1) is 0 Å². The molecule has 72 valence electrons. The van der Waals surface area contributed by atoms with Crippen molar-refractivity contribution >= 4 is 5.97 Å². The van der Waals surface area contributed by atoms with Crippen LogP contribution in [0.5, 0.6) is 0 Å². The number of hydrogen-bond donors (Lipinski definition) is 2. The SMILES string of the molecule is CCC(N)(CCCOC)C(=O)O. The number of methoxy groups -OCH3 is 1. The van der Waals surface area contributed by atoms with E-state index < -0.39 is 11.5 Å². The summed E-state index contributed by atoms with van der Waals surface area (Å²) in [5.41, 5.74) is 4.55. The average Bonchev–Trinajstić information content (AvgIpc) is 2.04. The molecule has 0 radical (unpaired) electrons.